The van der Waals surface area contributed by atoms with Crippen LogP contribution < -0.4 is 5.32 Å². The quantitative estimate of drug-likeness (QED) is 0.886. The van der Waals surface area contributed by atoms with Gasteiger partial charge in [0.15, 0.2) is 0 Å². The molecule has 0 radical (unpaired) electrons. The van der Waals surface area contributed by atoms with Crippen molar-refractivity contribution in [3.63, 3.8) is 0 Å². The summed E-state index contributed by atoms with van der Waals surface area (Å²) in [4.78, 5) is 6.08. The van der Waals surface area contributed by atoms with Gasteiger partial charge in [0.25, 0.3) is 0 Å². The lowest BCUT2D eigenvalue weighted by atomic mass is 9.95. The first-order chi connectivity index (χ1) is 10.8. The first-order valence-corrected chi connectivity index (χ1v) is 8.60. The van der Waals surface area contributed by atoms with Crippen LogP contribution in [0, 0.1) is 0 Å². The molecule has 0 spiro atoms. The number of nitrogens with zero attached hydrogens (tertiary/aromatic N) is 1. The van der Waals surface area contributed by atoms with Gasteiger partial charge in [0.2, 0.25) is 0 Å². The van der Waals surface area contributed by atoms with E-state index >= 15 is 0 Å². The first kappa shape index (κ1) is 13.9. The molecule has 0 unspecified atom stereocenters. The molecule has 0 bridgehead atoms. The van der Waals surface area contributed by atoms with E-state index in [9.17, 15) is 0 Å². The number of nitrogens with one attached hydrogen (secondary N) is 2. The Morgan fingerprint density at radius 3 is 2.86 bits per heavy atom. The molecule has 4 rings (SSSR count). The normalized spacial score (nSPS) is 18.0. The van der Waals surface area contributed by atoms with Crippen LogP contribution in [0.4, 0.5) is 0 Å². The Kier molecular flexibility index (Phi) is 3.67. The minimum absolute atomic E-state index is 0.988. The summed E-state index contributed by atoms with van der Waals surface area (Å²) >= 11 is 0. The van der Waals surface area contributed by atoms with E-state index < -0.39 is 0 Å². The zero-order chi connectivity index (χ0) is 14.9. The number of hydrogen-bond acceptors (Lipinski definition) is 2. The van der Waals surface area contributed by atoms with Crippen LogP contribution in [0.15, 0.2) is 24.8 Å². The number of aromatic nitrogens is 1. The fraction of sp³-hybridized carbons (Fsp3) is 0.474. The van der Waals surface area contributed by atoms with Gasteiger partial charge in [0, 0.05) is 35.4 Å². The average Bonchev–Trinajstić information content (AvgIpc) is 2.87. The lowest BCUT2D eigenvalue weighted by molar-refractivity contribution is 0.185. The molecule has 116 valence electrons. The molecule has 1 saturated heterocycles. The molecule has 2 N–H and O–H groups in total. The summed E-state index contributed by atoms with van der Waals surface area (Å²) in [5.41, 5.74) is 6.55. The highest BCUT2D eigenvalue weighted by atomic mass is 15.2. The van der Waals surface area contributed by atoms with Crippen LogP contribution in [0.1, 0.15) is 36.1 Å². The van der Waals surface area contributed by atoms with Gasteiger partial charge in [-0.15, -0.1) is 0 Å². The Morgan fingerprint density at radius 1 is 1.18 bits per heavy atom. The molecule has 2 aliphatic rings. The Hall–Kier alpha value is -1.74. The lowest BCUT2D eigenvalue weighted by Crippen LogP contribution is -2.41. The van der Waals surface area contributed by atoms with E-state index in [1.807, 2.05) is 0 Å². The standard InChI is InChI=1S/C19H25N3/c1-14(20-9-12-22-10-4-11-22)15-7-8-19-17(13-15)16-5-2-3-6-18(16)21-19/h7-8,13,20-21H,1-6,9-12H2. The van der Waals surface area contributed by atoms with Crippen molar-refractivity contribution in [2.75, 3.05) is 26.2 Å². The molecule has 0 atom stereocenters. The van der Waals surface area contributed by atoms with Gasteiger partial charge < -0.3 is 15.2 Å². The second kappa shape index (κ2) is 5.81. The van der Waals surface area contributed by atoms with Crippen LogP contribution in [-0.4, -0.2) is 36.1 Å². The minimum Gasteiger partial charge on any atom is -0.384 e. The molecule has 2 aromatic rings. The Morgan fingerprint density at radius 2 is 2.05 bits per heavy atom. The zero-order valence-corrected chi connectivity index (χ0v) is 13.3. The zero-order valence-electron chi connectivity index (χ0n) is 13.3. The molecule has 1 aliphatic heterocycles. The maximum Gasteiger partial charge on any atom is 0.0459 e. The highest BCUT2D eigenvalue weighted by Gasteiger charge is 2.16. The monoisotopic (exact) mass is 295 g/mol. The van der Waals surface area contributed by atoms with Crippen molar-refractivity contribution < 1.29 is 0 Å². The topological polar surface area (TPSA) is 31.1 Å². The highest BCUT2D eigenvalue weighted by Crippen LogP contribution is 2.30. The van der Waals surface area contributed by atoms with Gasteiger partial charge in [-0.2, -0.15) is 0 Å². The fourth-order valence-electron chi connectivity index (χ4n) is 3.67. The molecule has 1 aromatic heterocycles. The number of benzene rings is 1. The molecular formula is C19H25N3. The number of hydrogen-bond donors (Lipinski definition) is 2. The maximum absolute atomic E-state index is 4.23. The SMILES string of the molecule is C=C(NCCN1CCC1)c1ccc2[nH]c3c(c2c1)CCCC3. The van der Waals surface area contributed by atoms with Crippen LogP contribution in [0.2, 0.25) is 0 Å². The second-order valence-corrected chi connectivity index (χ2v) is 6.65. The van der Waals surface area contributed by atoms with E-state index in [1.54, 1.807) is 0 Å². The largest absolute Gasteiger partial charge is 0.384 e. The van der Waals surface area contributed by atoms with Crippen LogP contribution in [0.3, 0.4) is 0 Å². The van der Waals surface area contributed by atoms with Crippen molar-refractivity contribution in [3.05, 3.63) is 41.6 Å². The minimum atomic E-state index is 0.988. The van der Waals surface area contributed by atoms with Gasteiger partial charge in [-0.1, -0.05) is 12.6 Å². The summed E-state index contributed by atoms with van der Waals surface area (Å²) in [7, 11) is 0. The van der Waals surface area contributed by atoms with E-state index in [0.717, 1.165) is 18.8 Å². The second-order valence-electron chi connectivity index (χ2n) is 6.65. The molecule has 2 heterocycles. The summed E-state index contributed by atoms with van der Waals surface area (Å²) in [5.74, 6) is 0. The third-order valence-corrected chi connectivity index (χ3v) is 5.16. The van der Waals surface area contributed by atoms with Crippen molar-refractivity contribution >= 4 is 16.6 Å². The maximum atomic E-state index is 4.23. The van der Waals surface area contributed by atoms with Gasteiger partial charge in [0.1, 0.15) is 0 Å². The van der Waals surface area contributed by atoms with E-state index in [4.69, 9.17) is 0 Å². The molecular weight excluding hydrogens is 270 g/mol. The van der Waals surface area contributed by atoms with Gasteiger partial charge in [0.05, 0.1) is 0 Å². The van der Waals surface area contributed by atoms with Crippen molar-refractivity contribution in [2.24, 2.45) is 0 Å². The smallest absolute Gasteiger partial charge is 0.0459 e. The van der Waals surface area contributed by atoms with E-state index in [2.05, 4.69) is 40.0 Å². The molecule has 1 aromatic carbocycles. The van der Waals surface area contributed by atoms with Gasteiger partial charge in [-0.05, 0) is 68.5 Å². The number of fused-ring (bicyclic) bond motifs is 3. The van der Waals surface area contributed by atoms with Gasteiger partial charge >= 0.3 is 0 Å². The summed E-state index contributed by atoms with van der Waals surface area (Å²) in [5, 5.41) is 4.89. The number of rotatable bonds is 5. The van der Waals surface area contributed by atoms with Crippen molar-refractivity contribution in [2.45, 2.75) is 32.1 Å². The average molecular weight is 295 g/mol. The number of aromatic amines is 1. The molecule has 1 aliphatic carbocycles. The van der Waals surface area contributed by atoms with Crippen LogP contribution in [0.25, 0.3) is 16.6 Å². The Labute approximate surface area is 132 Å². The molecule has 0 amide bonds. The van der Waals surface area contributed by atoms with Crippen LogP contribution in [0.5, 0.6) is 0 Å². The third kappa shape index (κ3) is 2.54. The summed E-state index contributed by atoms with van der Waals surface area (Å²) in [6.07, 6.45) is 6.41. The lowest BCUT2D eigenvalue weighted by Gasteiger charge is -2.30. The number of likely N-dealkylation sites (tertiary alicyclic amines) is 1. The number of aryl methyl sites for hydroxylation is 2. The van der Waals surface area contributed by atoms with Crippen molar-refractivity contribution in [1.29, 1.82) is 0 Å². The first-order valence-electron chi connectivity index (χ1n) is 8.60. The van der Waals surface area contributed by atoms with Crippen LogP contribution >= 0.6 is 0 Å². The fourth-order valence-corrected chi connectivity index (χ4v) is 3.67. The summed E-state index contributed by atoms with van der Waals surface area (Å²) in [6.45, 7) is 8.86. The summed E-state index contributed by atoms with van der Waals surface area (Å²) < 4.78 is 0. The van der Waals surface area contributed by atoms with Crippen LogP contribution in [-0.2, 0) is 12.8 Å². The molecule has 0 saturated carbocycles. The van der Waals surface area contributed by atoms with E-state index in [0.29, 0.717) is 0 Å². The predicted octanol–water partition coefficient (Wildman–Crippen LogP) is 3.31. The van der Waals surface area contributed by atoms with E-state index in [-0.39, 0.29) is 0 Å². The summed E-state index contributed by atoms with van der Waals surface area (Å²) in [6, 6.07) is 6.71. The third-order valence-electron chi connectivity index (χ3n) is 5.16. The van der Waals surface area contributed by atoms with Crippen molar-refractivity contribution in [3.8, 4) is 0 Å². The van der Waals surface area contributed by atoms with Gasteiger partial charge in [-0.25, -0.2) is 0 Å². The Balaban J connectivity index is 1.49. The molecule has 3 heteroatoms. The molecule has 1 fully saturated rings. The van der Waals surface area contributed by atoms with Gasteiger partial charge in [-0.3, -0.25) is 0 Å². The van der Waals surface area contributed by atoms with Crippen molar-refractivity contribution in [1.82, 2.24) is 15.2 Å². The Bertz CT molecular complexity index is 694. The molecule has 22 heavy (non-hydrogen) atoms. The number of H-pyrrole nitrogens is 1. The highest BCUT2D eigenvalue weighted by molar-refractivity contribution is 5.88. The van der Waals surface area contributed by atoms with E-state index in [1.165, 1.54) is 72.9 Å². The molecule has 3 nitrogen and oxygen atoms in total. The predicted molar refractivity (Wildman–Crippen MR) is 93.0 cm³/mol.